The molecule has 29 heavy (non-hydrogen) atoms. The maximum atomic E-state index is 12.5. The van der Waals surface area contributed by atoms with Crippen molar-refractivity contribution in [2.24, 2.45) is 0 Å². The normalized spacial score (nSPS) is 16.4. The Balaban J connectivity index is 2.03. The number of alkyl halides is 3. The highest BCUT2D eigenvalue weighted by atomic mass is 32.2. The summed E-state index contributed by atoms with van der Waals surface area (Å²) >= 11 is 0. The molecular formula is C18H26F3N3O4S. The van der Waals surface area contributed by atoms with Crippen LogP contribution in [0.25, 0.3) is 0 Å². The van der Waals surface area contributed by atoms with E-state index in [1.165, 1.54) is 26.2 Å². The number of carbonyl (C=O) groups is 1. The largest absolute Gasteiger partial charge is 0.478 e. The number of unbranched alkanes of at least 4 members (excludes halogenated alkanes) is 1. The van der Waals surface area contributed by atoms with Crippen LogP contribution in [0, 0.1) is 0 Å². The zero-order valence-corrected chi connectivity index (χ0v) is 17.3. The van der Waals surface area contributed by atoms with E-state index in [0.29, 0.717) is 44.8 Å². The molecule has 7 nitrogen and oxygen atoms in total. The molecule has 164 valence electrons. The Morgan fingerprint density at radius 3 is 2.28 bits per heavy atom. The van der Waals surface area contributed by atoms with Crippen molar-refractivity contribution in [2.45, 2.75) is 30.3 Å². The van der Waals surface area contributed by atoms with Crippen LogP contribution in [0.5, 0.6) is 0 Å². The first-order valence-corrected chi connectivity index (χ1v) is 10.7. The van der Waals surface area contributed by atoms with E-state index in [1.807, 2.05) is 4.90 Å². The zero-order valence-electron chi connectivity index (χ0n) is 16.4. The van der Waals surface area contributed by atoms with Gasteiger partial charge in [0.05, 0.1) is 10.5 Å². The maximum absolute atomic E-state index is 12.5. The number of piperazine rings is 1. The number of sulfonamides is 1. The lowest BCUT2D eigenvalue weighted by Crippen LogP contribution is -2.46. The number of rotatable bonds is 8. The Bertz CT molecular complexity index is 820. The molecule has 1 N–H and O–H groups in total. The Hall–Kier alpha value is -1.85. The quantitative estimate of drug-likeness (QED) is 0.630. The summed E-state index contributed by atoms with van der Waals surface area (Å²) in [6.07, 6.45) is -4.32. The lowest BCUT2D eigenvalue weighted by atomic mass is 10.1. The molecule has 0 amide bonds. The van der Waals surface area contributed by atoms with Gasteiger partial charge in [-0.3, -0.25) is 4.90 Å². The molecule has 1 aromatic carbocycles. The van der Waals surface area contributed by atoms with Crippen LogP contribution in [-0.2, 0) is 10.0 Å². The summed E-state index contributed by atoms with van der Waals surface area (Å²) in [6, 6.07) is 4.24. The summed E-state index contributed by atoms with van der Waals surface area (Å²) in [4.78, 5) is 15.2. The third-order valence-corrected chi connectivity index (χ3v) is 6.73. The molecule has 1 aliphatic heterocycles. The standard InChI is InChI=1S/C18H26F3N3O4S/c1-22(2)29(27,28)16-13-14(5-6-15(16)17(25)26)24-11-9-23(10-12-24)8-4-3-7-18(19,20)21/h5-6,13H,3-4,7-12H2,1-2H3,(H,25,26). The van der Waals surface area contributed by atoms with Crippen molar-refractivity contribution in [3.05, 3.63) is 23.8 Å². The fraction of sp³-hybridized carbons (Fsp3) is 0.611. The van der Waals surface area contributed by atoms with E-state index < -0.39 is 28.6 Å². The highest BCUT2D eigenvalue weighted by molar-refractivity contribution is 7.89. The lowest BCUT2D eigenvalue weighted by molar-refractivity contribution is -0.135. The molecule has 0 aliphatic carbocycles. The molecule has 1 heterocycles. The number of hydrogen-bond donors (Lipinski definition) is 1. The summed E-state index contributed by atoms with van der Waals surface area (Å²) in [5.74, 6) is -1.32. The van der Waals surface area contributed by atoms with E-state index in [0.717, 1.165) is 4.31 Å². The number of aromatic carboxylic acids is 1. The van der Waals surface area contributed by atoms with E-state index >= 15 is 0 Å². The van der Waals surface area contributed by atoms with E-state index in [4.69, 9.17) is 0 Å². The monoisotopic (exact) mass is 437 g/mol. The minimum absolute atomic E-state index is 0.103. The van der Waals surface area contributed by atoms with Crippen molar-refractivity contribution in [1.82, 2.24) is 9.21 Å². The van der Waals surface area contributed by atoms with Crippen molar-refractivity contribution < 1.29 is 31.5 Å². The van der Waals surface area contributed by atoms with Crippen LogP contribution in [0.2, 0.25) is 0 Å². The van der Waals surface area contributed by atoms with Crippen LogP contribution in [-0.4, -0.2) is 81.7 Å². The van der Waals surface area contributed by atoms with Gasteiger partial charge < -0.3 is 10.0 Å². The average molecular weight is 437 g/mol. The third kappa shape index (κ3) is 6.31. The topological polar surface area (TPSA) is 81.2 Å². The molecule has 0 spiro atoms. The number of hydrogen-bond acceptors (Lipinski definition) is 5. The molecule has 0 atom stereocenters. The van der Waals surface area contributed by atoms with Gasteiger partial charge in [0, 0.05) is 52.4 Å². The Morgan fingerprint density at radius 1 is 1.14 bits per heavy atom. The highest BCUT2D eigenvalue weighted by Crippen LogP contribution is 2.27. The predicted octanol–water partition coefficient (Wildman–Crippen LogP) is 2.49. The number of benzene rings is 1. The van der Waals surface area contributed by atoms with E-state index in [2.05, 4.69) is 4.90 Å². The smallest absolute Gasteiger partial charge is 0.389 e. The Kier molecular flexibility index (Phi) is 7.52. The maximum Gasteiger partial charge on any atom is 0.389 e. The van der Waals surface area contributed by atoms with Crippen molar-refractivity contribution in [3.63, 3.8) is 0 Å². The molecule has 0 aromatic heterocycles. The van der Waals surface area contributed by atoms with Crippen molar-refractivity contribution in [1.29, 1.82) is 0 Å². The second-order valence-corrected chi connectivity index (χ2v) is 9.29. The molecule has 0 bridgehead atoms. The number of halogens is 3. The van der Waals surface area contributed by atoms with Gasteiger partial charge in [-0.25, -0.2) is 17.5 Å². The first-order chi connectivity index (χ1) is 13.4. The second kappa shape index (κ2) is 9.31. The lowest BCUT2D eigenvalue weighted by Gasteiger charge is -2.36. The Labute approximate surface area is 168 Å². The number of carboxylic acid groups (broad SMARTS) is 1. The van der Waals surface area contributed by atoms with Crippen LogP contribution in [0.3, 0.4) is 0 Å². The number of carboxylic acids is 1. The van der Waals surface area contributed by atoms with Crippen LogP contribution < -0.4 is 4.90 Å². The molecule has 1 saturated heterocycles. The fourth-order valence-corrected chi connectivity index (χ4v) is 4.28. The minimum Gasteiger partial charge on any atom is -0.478 e. The van der Waals surface area contributed by atoms with Gasteiger partial charge in [-0.2, -0.15) is 13.2 Å². The molecule has 1 fully saturated rings. The second-order valence-electron chi connectivity index (χ2n) is 7.17. The summed E-state index contributed by atoms with van der Waals surface area (Å²) in [5, 5.41) is 9.33. The zero-order chi connectivity index (χ0) is 21.8. The van der Waals surface area contributed by atoms with Gasteiger partial charge in [0.1, 0.15) is 0 Å². The number of nitrogens with zero attached hydrogens (tertiary/aromatic N) is 3. The molecule has 11 heteroatoms. The highest BCUT2D eigenvalue weighted by Gasteiger charge is 2.28. The van der Waals surface area contributed by atoms with E-state index in [9.17, 15) is 31.5 Å². The van der Waals surface area contributed by atoms with Gasteiger partial charge in [0.25, 0.3) is 0 Å². The fourth-order valence-electron chi connectivity index (χ4n) is 3.19. The van der Waals surface area contributed by atoms with Gasteiger partial charge in [-0.1, -0.05) is 0 Å². The van der Waals surface area contributed by atoms with Gasteiger partial charge in [0.2, 0.25) is 10.0 Å². The van der Waals surface area contributed by atoms with Crippen LogP contribution >= 0.6 is 0 Å². The summed E-state index contributed by atoms with van der Waals surface area (Å²) in [6.45, 7) is 3.02. The van der Waals surface area contributed by atoms with Crippen LogP contribution in [0.1, 0.15) is 29.6 Å². The van der Waals surface area contributed by atoms with Crippen molar-refractivity contribution in [3.8, 4) is 0 Å². The predicted molar refractivity (Wildman–Crippen MR) is 103 cm³/mol. The first-order valence-electron chi connectivity index (χ1n) is 9.26. The Morgan fingerprint density at radius 2 is 1.76 bits per heavy atom. The molecule has 0 unspecified atom stereocenters. The third-order valence-electron chi connectivity index (χ3n) is 4.88. The van der Waals surface area contributed by atoms with Crippen molar-refractivity contribution in [2.75, 3.05) is 51.7 Å². The minimum atomic E-state index is -4.12. The van der Waals surface area contributed by atoms with Crippen LogP contribution in [0.4, 0.5) is 18.9 Å². The summed E-state index contributed by atoms with van der Waals surface area (Å²) in [7, 11) is -1.25. The number of anilines is 1. The van der Waals surface area contributed by atoms with Crippen LogP contribution in [0.15, 0.2) is 23.1 Å². The molecule has 0 radical (unpaired) electrons. The van der Waals surface area contributed by atoms with E-state index in [1.54, 1.807) is 6.07 Å². The molecule has 0 saturated carbocycles. The van der Waals surface area contributed by atoms with Gasteiger partial charge in [-0.15, -0.1) is 0 Å². The SMILES string of the molecule is CN(C)S(=O)(=O)c1cc(N2CCN(CCCCC(F)(F)F)CC2)ccc1C(=O)O. The average Bonchev–Trinajstić information content (AvgIpc) is 2.64. The summed E-state index contributed by atoms with van der Waals surface area (Å²) < 4.78 is 62.6. The molecule has 1 aromatic rings. The van der Waals surface area contributed by atoms with E-state index in [-0.39, 0.29) is 16.9 Å². The van der Waals surface area contributed by atoms with Gasteiger partial charge in [0.15, 0.2) is 0 Å². The van der Waals surface area contributed by atoms with Crippen molar-refractivity contribution >= 4 is 21.7 Å². The molecular weight excluding hydrogens is 411 g/mol. The molecule has 2 rings (SSSR count). The first kappa shape index (κ1) is 23.4. The summed E-state index contributed by atoms with van der Waals surface area (Å²) in [5.41, 5.74) is 0.317. The van der Waals surface area contributed by atoms with Gasteiger partial charge >= 0.3 is 12.1 Å². The van der Waals surface area contributed by atoms with Gasteiger partial charge in [-0.05, 0) is 37.6 Å². The molecule has 1 aliphatic rings.